The van der Waals surface area contributed by atoms with Crippen LogP contribution in [0.15, 0.2) is 67.0 Å². The Morgan fingerprint density at radius 2 is 1.60 bits per heavy atom. The van der Waals surface area contributed by atoms with Crippen LogP contribution in [-0.2, 0) is 25.9 Å². The van der Waals surface area contributed by atoms with Crippen LogP contribution in [0.4, 0.5) is 0 Å². The number of fused-ring (bicyclic) bond motifs is 1. The van der Waals surface area contributed by atoms with E-state index in [1.807, 2.05) is 15.6 Å². The second-order valence-corrected chi connectivity index (χ2v) is 9.55. The van der Waals surface area contributed by atoms with Crippen LogP contribution in [-0.4, -0.2) is 30.0 Å². The summed E-state index contributed by atoms with van der Waals surface area (Å²) >= 11 is 0. The zero-order chi connectivity index (χ0) is 24.4. The molecule has 0 aliphatic rings. The van der Waals surface area contributed by atoms with E-state index in [9.17, 15) is 0 Å². The molecular weight excluding hydrogens is 432 g/mol. The molecule has 0 fully saturated rings. The van der Waals surface area contributed by atoms with Gasteiger partial charge in [0.25, 0.3) is 0 Å². The second kappa shape index (κ2) is 9.82. The molecule has 0 spiro atoms. The van der Waals surface area contributed by atoms with E-state index in [1.165, 1.54) is 33.0 Å². The maximum atomic E-state index is 4.53. The molecule has 5 aromatic rings. The van der Waals surface area contributed by atoms with Crippen LogP contribution in [0.2, 0.25) is 0 Å². The summed E-state index contributed by atoms with van der Waals surface area (Å²) in [4.78, 5) is 0. The molecule has 2 heterocycles. The van der Waals surface area contributed by atoms with Gasteiger partial charge in [0.15, 0.2) is 0 Å². The summed E-state index contributed by atoms with van der Waals surface area (Å²) in [6, 6.07) is 19.6. The fourth-order valence-electron chi connectivity index (χ4n) is 4.79. The molecule has 0 aliphatic heterocycles. The standard InChI is InChI=1S/C29H32N6/c1-5-22-14-26(15-23(6-2)29(22)27-19-34(33-31-27)17-20(3)4)28-16-30-32-35(28)18-21-11-12-24-9-7-8-10-25(24)13-21/h7-16,19-20H,5-6,17-18H2,1-4H3. The predicted molar refractivity (Wildman–Crippen MR) is 141 cm³/mol. The van der Waals surface area contributed by atoms with Gasteiger partial charge >= 0.3 is 0 Å². The molecule has 0 atom stereocenters. The van der Waals surface area contributed by atoms with Gasteiger partial charge in [0.1, 0.15) is 5.69 Å². The van der Waals surface area contributed by atoms with Crippen molar-refractivity contribution < 1.29 is 0 Å². The van der Waals surface area contributed by atoms with Gasteiger partial charge in [0, 0.05) is 17.7 Å². The largest absolute Gasteiger partial charge is 0.252 e. The van der Waals surface area contributed by atoms with Gasteiger partial charge in [-0.25, -0.2) is 4.68 Å². The van der Waals surface area contributed by atoms with Crippen molar-refractivity contribution >= 4 is 10.8 Å². The summed E-state index contributed by atoms with van der Waals surface area (Å²) in [7, 11) is 0. The van der Waals surface area contributed by atoms with E-state index >= 15 is 0 Å². The van der Waals surface area contributed by atoms with Crippen molar-refractivity contribution in [2.45, 2.75) is 53.6 Å². The third-order valence-corrected chi connectivity index (χ3v) is 6.47. The zero-order valence-corrected chi connectivity index (χ0v) is 20.9. The lowest BCUT2D eigenvalue weighted by Crippen LogP contribution is -2.05. The molecule has 178 valence electrons. The molecule has 6 nitrogen and oxygen atoms in total. The van der Waals surface area contributed by atoms with Gasteiger partial charge < -0.3 is 0 Å². The van der Waals surface area contributed by atoms with E-state index in [1.54, 1.807) is 0 Å². The van der Waals surface area contributed by atoms with E-state index in [4.69, 9.17) is 0 Å². The molecule has 2 aromatic heterocycles. The Kier molecular flexibility index (Phi) is 6.45. The summed E-state index contributed by atoms with van der Waals surface area (Å²) < 4.78 is 3.95. The van der Waals surface area contributed by atoms with Gasteiger partial charge in [-0.3, -0.25) is 4.68 Å². The maximum absolute atomic E-state index is 4.53. The number of benzene rings is 3. The van der Waals surface area contributed by atoms with E-state index in [0.29, 0.717) is 12.5 Å². The molecule has 35 heavy (non-hydrogen) atoms. The van der Waals surface area contributed by atoms with Crippen molar-refractivity contribution in [2.24, 2.45) is 5.92 Å². The maximum Gasteiger partial charge on any atom is 0.113 e. The lowest BCUT2D eigenvalue weighted by Gasteiger charge is -2.15. The number of rotatable bonds is 8. The summed E-state index contributed by atoms with van der Waals surface area (Å²) in [6.45, 7) is 10.3. The lowest BCUT2D eigenvalue weighted by molar-refractivity contribution is 0.472. The molecule has 0 bridgehead atoms. The molecule has 0 N–H and O–H groups in total. The van der Waals surface area contributed by atoms with Crippen LogP contribution in [0.1, 0.15) is 44.4 Å². The minimum absolute atomic E-state index is 0.526. The molecule has 0 amide bonds. The van der Waals surface area contributed by atoms with Crippen LogP contribution in [0.5, 0.6) is 0 Å². The molecule has 0 unspecified atom stereocenters. The topological polar surface area (TPSA) is 61.4 Å². The third kappa shape index (κ3) is 4.74. The smallest absolute Gasteiger partial charge is 0.113 e. The number of hydrogen-bond donors (Lipinski definition) is 0. The van der Waals surface area contributed by atoms with Crippen LogP contribution < -0.4 is 0 Å². The Bertz CT molecular complexity index is 1430. The highest BCUT2D eigenvalue weighted by atomic mass is 15.4. The Labute approximate surface area is 206 Å². The van der Waals surface area contributed by atoms with E-state index in [2.05, 4.69) is 109 Å². The Hall–Kier alpha value is -3.80. The Morgan fingerprint density at radius 1 is 0.857 bits per heavy atom. The van der Waals surface area contributed by atoms with Crippen LogP contribution in [0, 0.1) is 5.92 Å². The molecule has 5 rings (SSSR count). The van der Waals surface area contributed by atoms with Crippen LogP contribution in [0.3, 0.4) is 0 Å². The van der Waals surface area contributed by atoms with E-state index < -0.39 is 0 Å². The third-order valence-electron chi connectivity index (χ3n) is 6.47. The van der Waals surface area contributed by atoms with Gasteiger partial charge in [-0.1, -0.05) is 74.5 Å². The first-order valence-electron chi connectivity index (χ1n) is 12.5. The van der Waals surface area contributed by atoms with Gasteiger partial charge in [-0.2, -0.15) is 0 Å². The summed E-state index contributed by atoms with van der Waals surface area (Å²) in [5, 5.41) is 20.1. The van der Waals surface area contributed by atoms with Gasteiger partial charge in [0.2, 0.25) is 0 Å². The van der Waals surface area contributed by atoms with Crippen molar-refractivity contribution in [3.05, 3.63) is 83.7 Å². The molecule has 6 heteroatoms. The zero-order valence-electron chi connectivity index (χ0n) is 20.9. The monoisotopic (exact) mass is 464 g/mol. The molecule has 0 radical (unpaired) electrons. The van der Waals surface area contributed by atoms with Crippen LogP contribution in [0.25, 0.3) is 33.3 Å². The first kappa shape index (κ1) is 23.0. The van der Waals surface area contributed by atoms with Gasteiger partial charge in [-0.15, -0.1) is 10.2 Å². The number of aryl methyl sites for hydroxylation is 2. The highest BCUT2D eigenvalue weighted by Gasteiger charge is 2.17. The number of hydrogen-bond acceptors (Lipinski definition) is 4. The van der Waals surface area contributed by atoms with Crippen molar-refractivity contribution in [2.75, 3.05) is 0 Å². The SMILES string of the molecule is CCc1cc(-c2cnnn2Cc2ccc3ccccc3c2)cc(CC)c1-c1cn(CC(C)C)nn1. The Morgan fingerprint density at radius 3 is 2.31 bits per heavy atom. The Balaban J connectivity index is 1.51. The predicted octanol–water partition coefficient (Wildman–Crippen LogP) is 6.19. The fourth-order valence-corrected chi connectivity index (χ4v) is 4.79. The lowest BCUT2D eigenvalue weighted by atomic mass is 9.92. The quantitative estimate of drug-likeness (QED) is 0.275. The fraction of sp³-hybridized carbons (Fsp3) is 0.310. The van der Waals surface area contributed by atoms with Crippen molar-refractivity contribution in [3.8, 4) is 22.5 Å². The van der Waals surface area contributed by atoms with Crippen molar-refractivity contribution in [1.82, 2.24) is 30.0 Å². The number of aromatic nitrogens is 6. The van der Waals surface area contributed by atoms with Crippen molar-refractivity contribution in [1.29, 1.82) is 0 Å². The van der Waals surface area contributed by atoms with Gasteiger partial charge in [-0.05, 0) is 64.4 Å². The van der Waals surface area contributed by atoms with E-state index in [-0.39, 0.29) is 0 Å². The highest BCUT2D eigenvalue weighted by molar-refractivity contribution is 5.83. The van der Waals surface area contributed by atoms with E-state index in [0.717, 1.165) is 36.3 Å². The van der Waals surface area contributed by atoms with Gasteiger partial charge in [0.05, 0.1) is 24.6 Å². The first-order valence-corrected chi connectivity index (χ1v) is 12.5. The summed E-state index contributed by atoms with van der Waals surface area (Å²) in [6.07, 6.45) is 5.78. The minimum atomic E-state index is 0.526. The van der Waals surface area contributed by atoms with Crippen molar-refractivity contribution in [3.63, 3.8) is 0 Å². The number of nitrogens with zero attached hydrogens (tertiary/aromatic N) is 6. The minimum Gasteiger partial charge on any atom is -0.252 e. The normalized spacial score (nSPS) is 11.6. The molecule has 0 saturated carbocycles. The molecular formula is C29H32N6. The molecule has 3 aromatic carbocycles. The highest BCUT2D eigenvalue weighted by Crippen LogP contribution is 2.33. The average molecular weight is 465 g/mol. The first-order chi connectivity index (χ1) is 17.1. The summed E-state index contributed by atoms with van der Waals surface area (Å²) in [5.74, 6) is 0.526. The summed E-state index contributed by atoms with van der Waals surface area (Å²) in [5.41, 5.74) is 8.08. The molecule has 0 saturated heterocycles. The van der Waals surface area contributed by atoms with Crippen LogP contribution >= 0.6 is 0 Å². The molecule has 0 aliphatic carbocycles. The second-order valence-electron chi connectivity index (χ2n) is 9.55. The average Bonchev–Trinajstić information content (AvgIpc) is 3.52.